The number of hydrogen-bond donors (Lipinski definition) is 1. The molecule has 0 spiro atoms. The number of anilines is 2. The Morgan fingerprint density at radius 2 is 1.97 bits per heavy atom. The van der Waals surface area contributed by atoms with Gasteiger partial charge in [0.05, 0.1) is 11.9 Å². The average molecular weight is 448 g/mol. The van der Waals surface area contributed by atoms with E-state index in [4.69, 9.17) is 21.3 Å². The average Bonchev–Trinajstić information content (AvgIpc) is 3.14. The molecule has 0 bridgehead atoms. The number of aryl methyl sites for hydroxylation is 1. The van der Waals surface area contributed by atoms with E-state index in [1.54, 1.807) is 17.2 Å². The molecule has 0 aliphatic carbocycles. The molecule has 32 heavy (non-hydrogen) atoms. The lowest BCUT2D eigenvalue weighted by Crippen LogP contribution is -2.24. The van der Waals surface area contributed by atoms with E-state index in [2.05, 4.69) is 32.3 Å². The van der Waals surface area contributed by atoms with Crippen molar-refractivity contribution >= 4 is 23.2 Å². The van der Waals surface area contributed by atoms with Crippen molar-refractivity contribution in [1.29, 1.82) is 0 Å². The van der Waals surface area contributed by atoms with Crippen LogP contribution in [0.1, 0.15) is 23.1 Å². The number of aromatic nitrogens is 5. The number of hydrogen-bond acceptors (Lipinski definition) is 7. The van der Waals surface area contributed by atoms with Crippen molar-refractivity contribution in [2.75, 3.05) is 18.9 Å². The molecule has 1 atom stereocenters. The zero-order chi connectivity index (χ0) is 22.1. The first-order chi connectivity index (χ1) is 15.5. The Morgan fingerprint density at radius 1 is 1.09 bits per heavy atom. The van der Waals surface area contributed by atoms with E-state index in [-0.39, 0.29) is 6.10 Å². The number of nitrogens with one attached hydrogen (secondary N) is 1. The minimum Gasteiger partial charge on any atom is -0.468 e. The SMILES string of the molecule is Cc1ncn(-c2ccc(Nc3ccc4c(n3)OC(c3cccc(Cl)c3)CN(C)C4)nc2)n1. The molecule has 3 aromatic heterocycles. The predicted octanol–water partition coefficient (Wildman–Crippen LogP) is 4.33. The fourth-order valence-corrected chi connectivity index (χ4v) is 3.85. The van der Waals surface area contributed by atoms with Crippen LogP contribution < -0.4 is 10.1 Å². The van der Waals surface area contributed by atoms with Gasteiger partial charge in [-0.15, -0.1) is 0 Å². The summed E-state index contributed by atoms with van der Waals surface area (Å²) in [5, 5.41) is 8.24. The highest BCUT2D eigenvalue weighted by molar-refractivity contribution is 6.30. The number of likely N-dealkylation sites (N-methyl/N-ethyl adjacent to an activating group) is 1. The summed E-state index contributed by atoms with van der Waals surface area (Å²) < 4.78 is 8.02. The Bertz CT molecular complexity index is 1240. The van der Waals surface area contributed by atoms with Crippen LogP contribution >= 0.6 is 11.6 Å². The van der Waals surface area contributed by atoms with Gasteiger partial charge in [0.25, 0.3) is 0 Å². The lowest BCUT2D eigenvalue weighted by atomic mass is 10.1. The number of halogens is 1. The van der Waals surface area contributed by atoms with Crippen molar-refractivity contribution in [3.8, 4) is 11.6 Å². The van der Waals surface area contributed by atoms with Crippen molar-refractivity contribution in [3.05, 3.63) is 83.0 Å². The highest BCUT2D eigenvalue weighted by Crippen LogP contribution is 2.31. The second kappa shape index (κ2) is 8.57. The molecule has 0 amide bonds. The van der Waals surface area contributed by atoms with Gasteiger partial charge in [-0.3, -0.25) is 4.90 Å². The molecule has 1 aromatic carbocycles. The fourth-order valence-electron chi connectivity index (χ4n) is 3.65. The minimum atomic E-state index is -0.161. The summed E-state index contributed by atoms with van der Waals surface area (Å²) in [7, 11) is 2.07. The van der Waals surface area contributed by atoms with Gasteiger partial charge in [0.1, 0.15) is 29.9 Å². The molecule has 9 heteroatoms. The van der Waals surface area contributed by atoms with Crippen LogP contribution in [0.2, 0.25) is 5.02 Å². The Kier molecular flexibility index (Phi) is 5.46. The summed E-state index contributed by atoms with van der Waals surface area (Å²) in [5.41, 5.74) is 2.90. The third-order valence-electron chi connectivity index (χ3n) is 5.21. The van der Waals surface area contributed by atoms with Crippen LogP contribution in [0.15, 0.2) is 61.1 Å². The van der Waals surface area contributed by atoms with E-state index in [0.29, 0.717) is 28.4 Å². The molecular formula is C23H22ClN7O. The van der Waals surface area contributed by atoms with Gasteiger partial charge in [-0.1, -0.05) is 23.7 Å². The lowest BCUT2D eigenvalue weighted by molar-refractivity contribution is 0.160. The summed E-state index contributed by atoms with van der Waals surface area (Å²) in [5.74, 6) is 2.66. The molecule has 4 aromatic rings. The summed E-state index contributed by atoms with van der Waals surface area (Å²) in [4.78, 5) is 15.6. The topological polar surface area (TPSA) is 81.0 Å². The highest BCUT2D eigenvalue weighted by Gasteiger charge is 2.24. The van der Waals surface area contributed by atoms with E-state index in [0.717, 1.165) is 29.9 Å². The number of rotatable bonds is 4. The second-order valence-electron chi connectivity index (χ2n) is 7.78. The first-order valence-corrected chi connectivity index (χ1v) is 10.6. The van der Waals surface area contributed by atoms with Crippen LogP contribution in [0.25, 0.3) is 5.69 Å². The first kappa shape index (κ1) is 20.4. The third kappa shape index (κ3) is 4.42. The fraction of sp³-hybridized carbons (Fsp3) is 0.217. The van der Waals surface area contributed by atoms with Gasteiger partial charge in [-0.05, 0) is 55.9 Å². The summed E-state index contributed by atoms with van der Waals surface area (Å²) in [6, 6.07) is 15.5. The Labute approximate surface area is 190 Å². The summed E-state index contributed by atoms with van der Waals surface area (Å²) >= 11 is 6.20. The molecule has 0 saturated heterocycles. The van der Waals surface area contributed by atoms with Crippen LogP contribution in [0.3, 0.4) is 0 Å². The van der Waals surface area contributed by atoms with Crippen molar-refractivity contribution < 1.29 is 4.74 Å². The number of pyridine rings is 2. The van der Waals surface area contributed by atoms with Gasteiger partial charge in [0.15, 0.2) is 0 Å². The molecule has 0 radical (unpaired) electrons. The zero-order valence-electron chi connectivity index (χ0n) is 17.7. The number of fused-ring (bicyclic) bond motifs is 1. The quantitative estimate of drug-likeness (QED) is 0.498. The van der Waals surface area contributed by atoms with E-state index < -0.39 is 0 Å². The standard InChI is InChI=1S/C23H22ClN7O/c1-15-26-14-31(29-15)19-7-9-21(25-11-19)27-22-8-6-17-12-30(2)13-20(32-23(17)28-22)16-4-3-5-18(24)10-16/h3-11,14,20H,12-13H2,1-2H3,(H,25,27,28). The molecule has 5 rings (SSSR count). The van der Waals surface area contributed by atoms with Crippen molar-refractivity contribution in [2.45, 2.75) is 19.6 Å². The van der Waals surface area contributed by atoms with E-state index in [9.17, 15) is 0 Å². The van der Waals surface area contributed by atoms with Gasteiger partial charge in [0.2, 0.25) is 5.88 Å². The van der Waals surface area contributed by atoms with Gasteiger partial charge < -0.3 is 10.1 Å². The van der Waals surface area contributed by atoms with Crippen LogP contribution in [0.4, 0.5) is 11.6 Å². The molecule has 0 fully saturated rings. The molecule has 1 aliphatic heterocycles. The molecule has 162 valence electrons. The zero-order valence-corrected chi connectivity index (χ0v) is 18.5. The van der Waals surface area contributed by atoms with Crippen LogP contribution in [-0.4, -0.2) is 43.2 Å². The molecule has 0 saturated carbocycles. The maximum Gasteiger partial charge on any atom is 0.220 e. The largest absolute Gasteiger partial charge is 0.468 e. The smallest absolute Gasteiger partial charge is 0.220 e. The normalized spacial score (nSPS) is 16.2. The molecule has 1 aliphatic rings. The predicted molar refractivity (Wildman–Crippen MR) is 123 cm³/mol. The van der Waals surface area contributed by atoms with E-state index >= 15 is 0 Å². The number of benzene rings is 1. The van der Waals surface area contributed by atoms with Crippen LogP contribution in [0, 0.1) is 6.92 Å². The minimum absolute atomic E-state index is 0.161. The Morgan fingerprint density at radius 3 is 2.72 bits per heavy atom. The van der Waals surface area contributed by atoms with Crippen molar-refractivity contribution in [1.82, 2.24) is 29.6 Å². The third-order valence-corrected chi connectivity index (χ3v) is 5.44. The Balaban J connectivity index is 1.37. The molecule has 4 heterocycles. The molecule has 1 unspecified atom stereocenters. The maximum atomic E-state index is 6.34. The maximum absolute atomic E-state index is 6.34. The van der Waals surface area contributed by atoms with Gasteiger partial charge >= 0.3 is 0 Å². The highest BCUT2D eigenvalue weighted by atomic mass is 35.5. The Hall–Kier alpha value is -3.49. The lowest BCUT2D eigenvalue weighted by Gasteiger charge is -2.20. The molecule has 1 N–H and O–H groups in total. The molecular weight excluding hydrogens is 426 g/mol. The number of ether oxygens (including phenoxy) is 1. The summed E-state index contributed by atoms with van der Waals surface area (Å²) in [6.45, 7) is 3.34. The van der Waals surface area contributed by atoms with Gasteiger partial charge in [-0.2, -0.15) is 10.1 Å². The van der Waals surface area contributed by atoms with E-state index in [1.165, 1.54) is 0 Å². The van der Waals surface area contributed by atoms with Crippen molar-refractivity contribution in [3.63, 3.8) is 0 Å². The number of nitrogens with zero attached hydrogens (tertiary/aromatic N) is 6. The van der Waals surface area contributed by atoms with Gasteiger partial charge in [0, 0.05) is 23.7 Å². The molecule has 8 nitrogen and oxygen atoms in total. The van der Waals surface area contributed by atoms with E-state index in [1.807, 2.05) is 55.5 Å². The van der Waals surface area contributed by atoms with Gasteiger partial charge in [-0.25, -0.2) is 14.6 Å². The second-order valence-corrected chi connectivity index (χ2v) is 8.22. The first-order valence-electron chi connectivity index (χ1n) is 10.3. The van der Waals surface area contributed by atoms with Crippen molar-refractivity contribution in [2.24, 2.45) is 0 Å². The summed E-state index contributed by atoms with van der Waals surface area (Å²) in [6.07, 6.45) is 3.24. The monoisotopic (exact) mass is 447 g/mol. The van der Waals surface area contributed by atoms with Crippen LogP contribution in [0.5, 0.6) is 5.88 Å². The van der Waals surface area contributed by atoms with Crippen LogP contribution in [-0.2, 0) is 6.54 Å².